The van der Waals surface area contributed by atoms with Gasteiger partial charge in [0.05, 0.1) is 41.3 Å². The number of hydrogen-bond donors (Lipinski definition) is 0. The number of thiazole rings is 1. The summed E-state index contributed by atoms with van der Waals surface area (Å²) in [6.45, 7) is 1.65. The van der Waals surface area contributed by atoms with Gasteiger partial charge in [0.15, 0.2) is 0 Å². The van der Waals surface area contributed by atoms with Crippen LogP contribution in [0.1, 0.15) is 10.8 Å². The molecule has 0 unspecified atom stereocenters. The minimum absolute atomic E-state index is 0.299. The Kier molecular flexibility index (Phi) is 5.35. The number of ether oxygens (including phenoxy) is 1. The quantitative estimate of drug-likeness (QED) is 0.462. The number of sulfonamides is 1. The van der Waals surface area contributed by atoms with Gasteiger partial charge in [0.2, 0.25) is 10.0 Å². The molecular formula is C22H22N4O3S2. The van der Waals surface area contributed by atoms with Crippen molar-refractivity contribution in [1.82, 2.24) is 18.8 Å². The highest BCUT2D eigenvalue weighted by Crippen LogP contribution is 2.26. The number of rotatable bonds is 5. The summed E-state index contributed by atoms with van der Waals surface area (Å²) in [6.07, 6.45) is 0.652. The van der Waals surface area contributed by atoms with Gasteiger partial charge in [-0.25, -0.2) is 18.4 Å². The van der Waals surface area contributed by atoms with Crippen molar-refractivity contribution in [3.05, 3.63) is 64.7 Å². The van der Waals surface area contributed by atoms with Crippen LogP contribution in [0, 0.1) is 0 Å². The van der Waals surface area contributed by atoms with Gasteiger partial charge in [-0.05, 0) is 24.3 Å². The molecule has 0 spiro atoms. The van der Waals surface area contributed by atoms with Gasteiger partial charge in [0.25, 0.3) is 0 Å². The molecule has 31 heavy (non-hydrogen) atoms. The Morgan fingerprint density at radius 1 is 1.03 bits per heavy atom. The Hall–Kier alpha value is -2.59. The van der Waals surface area contributed by atoms with Crippen LogP contribution in [-0.2, 0) is 28.2 Å². The van der Waals surface area contributed by atoms with Crippen LogP contribution in [0.3, 0.4) is 0 Å². The van der Waals surface area contributed by atoms with Gasteiger partial charge < -0.3 is 9.30 Å². The highest BCUT2D eigenvalue weighted by atomic mass is 32.2. The molecule has 5 rings (SSSR count). The molecule has 4 aromatic rings. The first-order valence-electron chi connectivity index (χ1n) is 10.1. The molecule has 1 saturated heterocycles. The van der Waals surface area contributed by atoms with Gasteiger partial charge in [-0.15, -0.1) is 11.3 Å². The van der Waals surface area contributed by atoms with Gasteiger partial charge in [0, 0.05) is 31.1 Å². The van der Waals surface area contributed by atoms with E-state index in [-0.39, 0.29) is 0 Å². The van der Waals surface area contributed by atoms with Crippen molar-refractivity contribution in [3.63, 3.8) is 0 Å². The molecule has 7 nitrogen and oxygen atoms in total. The lowest BCUT2D eigenvalue weighted by Crippen LogP contribution is -2.40. The topological polar surface area (TPSA) is 77.3 Å². The first-order valence-corrected chi connectivity index (χ1v) is 12.4. The Morgan fingerprint density at radius 3 is 2.52 bits per heavy atom. The lowest BCUT2D eigenvalue weighted by atomic mass is 10.2. The van der Waals surface area contributed by atoms with Crippen LogP contribution in [0.5, 0.6) is 0 Å². The molecule has 1 aliphatic heterocycles. The summed E-state index contributed by atoms with van der Waals surface area (Å²) in [5, 5.41) is 2.97. The number of para-hydroxylation sites is 2. The normalized spacial score (nSPS) is 15.5. The van der Waals surface area contributed by atoms with Crippen molar-refractivity contribution >= 4 is 32.4 Å². The van der Waals surface area contributed by atoms with Crippen molar-refractivity contribution in [2.45, 2.75) is 11.3 Å². The van der Waals surface area contributed by atoms with E-state index < -0.39 is 10.0 Å². The predicted molar refractivity (Wildman–Crippen MR) is 121 cm³/mol. The summed E-state index contributed by atoms with van der Waals surface area (Å²) in [5.41, 5.74) is 3.82. The molecule has 0 amide bonds. The van der Waals surface area contributed by atoms with E-state index in [4.69, 9.17) is 14.7 Å². The van der Waals surface area contributed by atoms with Crippen molar-refractivity contribution in [3.8, 4) is 11.3 Å². The van der Waals surface area contributed by atoms with Gasteiger partial charge in [-0.2, -0.15) is 4.31 Å². The third-order valence-corrected chi connectivity index (χ3v) is 8.26. The lowest BCUT2D eigenvalue weighted by molar-refractivity contribution is 0.0730. The summed E-state index contributed by atoms with van der Waals surface area (Å²) >= 11 is 1.59. The molecule has 1 aliphatic rings. The Bertz CT molecular complexity index is 1320. The maximum Gasteiger partial charge on any atom is 0.243 e. The number of benzene rings is 2. The molecule has 0 aliphatic carbocycles. The highest BCUT2D eigenvalue weighted by molar-refractivity contribution is 7.89. The minimum atomic E-state index is -3.49. The Balaban J connectivity index is 1.35. The third-order valence-electron chi connectivity index (χ3n) is 5.50. The van der Waals surface area contributed by atoms with Crippen LogP contribution in [0.25, 0.3) is 22.3 Å². The number of nitrogens with zero attached hydrogens (tertiary/aromatic N) is 4. The standard InChI is InChI=1S/C22H22N4O3S2/c1-25-20-5-3-2-4-18(20)23-21(25)14-22-24-19(15-30-22)16-6-8-17(9-7-16)31(27,28)26-10-12-29-13-11-26/h2-9,15H,10-14H2,1H3. The van der Waals surface area contributed by atoms with Crippen LogP contribution in [-0.4, -0.2) is 53.6 Å². The molecule has 9 heteroatoms. The zero-order valence-electron chi connectivity index (χ0n) is 17.1. The largest absolute Gasteiger partial charge is 0.379 e. The van der Waals surface area contributed by atoms with E-state index in [0.29, 0.717) is 37.6 Å². The molecule has 2 aromatic heterocycles. The molecule has 0 saturated carbocycles. The van der Waals surface area contributed by atoms with Crippen LogP contribution in [0.15, 0.2) is 58.8 Å². The van der Waals surface area contributed by atoms with E-state index >= 15 is 0 Å². The van der Waals surface area contributed by atoms with Gasteiger partial charge in [0.1, 0.15) is 10.8 Å². The van der Waals surface area contributed by atoms with Crippen molar-refractivity contribution < 1.29 is 13.2 Å². The monoisotopic (exact) mass is 454 g/mol. The molecule has 0 N–H and O–H groups in total. The van der Waals surface area contributed by atoms with Gasteiger partial charge in [-0.3, -0.25) is 0 Å². The molecule has 0 atom stereocenters. The number of morpholine rings is 1. The average Bonchev–Trinajstić information content (AvgIpc) is 3.40. The third kappa shape index (κ3) is 3.89. The summed E-state index contributed by atoms with van der Waals surface area (Å²) in [6, 6.07) is 15.0. The maximum atomic E-state index is 12.8. The second-order valence-corrected chi connectivity index (χ2v) is 10.3. The molecule has 1 fully saturated rings. The predicted octanol–water partition coefficient (Wildman–Crippen LogP) is 3.31. The van der Waals surface area contributed by atoms with Crippen molar-refractivity contribution in [2.24, 2.45) is 7.05 Å². The van der Waals surface area contributed by atoms with Gasteiger partial charge in [-0.1, -0.05) is 24.3 Å². The first-order chi connectivity index (χ1) is 15.0. The van der Waals surface area contributed by atoms with Crippen molar-refractivity contribution in [1.29, 1.82) is 0 Å². The number of hydrogen-bond acceptors (Lipinski definition) is 6. The van der Waals surface area contributed by atoms with Crippen molar-refractivity contribution in [2.75, 3.05) is 26.3 Å². The summed E-state index contributed by atoms with van der Waals surface area (Å²) in [4.78, 5) is 9.78. The van der Waals surface area contributed by atoms with Crippen LogP contribution in [0.4, 0.5) is 0 Å². The highest BCUT2D eigenvalue weighted by Gasteiger charge is 2.26. The van der Waals surface area contributed by atoms with Crippen LogP contribution in [0.2, 0.25) is 0 Å². The molecular weight excluding hydrogens is 432 g/mol. The fourth-order valence-electron chi connectivity index (χ4n) is 3.75. The average molecular weight is 455 g/mol. The second-order valence-electron chi connectivity index (χ2n) is 7.42. The Morgan fingerprint density at radius 2 is 1.77 bits per heavy atom. The zero-order chi connectivity index (χ0) is 21.4. The maximum absolute atomic E-state index is 12.8. The van der Waals surface area contributed by atoms with E-state index in [0.717, 1.165) is 33.1 Å². The fourth-order valence-corrected chi connectivity index (χ4v) is 5.96. The second kappa shape index (κ2) is 8.16. The van der Waals surface area contributed by atoms with Crippen LogP contribution >= 0.6 is 11.3 Å². The molecule has 160 valence electrons. The Labute approximate surface area is 185 Å². The number of aromatic nitrogens is 3. The van der Waals surface area contributed by atoms with E-state index in [2.05, 4.69) is 10.6 Å². The first kappa shape index (κ1) is 20.3. The SMILES string of the molecule is Cn1c(Cc2nc(-c3ccc(S(=O)(=O)N4CCOCC4)cc3)cs2)nc2ccccc21. The smallest absolute Gasteiger partial charge is 0.243 e. The number of aryl methyl sites for hydroxylation is 1. The van der Waals surface area contributed by atoms with E-state index in [9.17, 15) is 8.42 Å². The fraction of sp³-hybridized carbons (Fsp3) is 0.273. The van der Waals surface area contributed by atoms with E-state index in [1.165, 1.54) is 4.31 Å². The lowest BCUT2D eigenvalue weighted by Gasteiger charge is -2.26. The number of imidazole rings is 1. The van der Waals surface area contributed by atoms with Gasteiger partial charge >= 0.3 is 0 Å². The summed E-state index contributed by atoms with van der Waals surface area (Å²) in [7, 11) is -1.47. The zero-order valence-corrected chi connectivity index (χ0v) is 18.7. The number of fused-ring (bicyclic) bond motifs is 1. The molecule has 0 radical (unpaired) electrons. The van der Waals surface area contributed by atoms with Crippen LogP contribution < -0.4 is 0 Å². The minimum Gasteiger partial charge on any atom is -0.379 e. The molecule has 0 bridgehead atoms. The van der Waals surface area contributed by atoms with E-state index in [1.54, 1.807) is 23.5 Å². The van der Waals surface area contributed by atoms with E-state index in [1.807, 2.05) is 42.8 Å². The summed E-state index contributed by atoms with van der Waals surface area (Å²) < 4.78 is 34.4. The molecule has 3 heterocycles. The summed E-state index contributed by atoms with van der Waals surface area (Å²) in [5.74, 6) is 0.967. The molecule has 2 aromatic carbocycles.